The zero-order chi connectivity index (χ0) is 13.8. The Morgan fingerprint density at radius 3 is 2.42 bits per heavy atom. The van der Waals surface area contributed by atoms with Gasteiger partial charge in [0.2, 0.25) is 0 Å². The standard InChI is InChI=1S/C16H18ClNO/c1-11-9-13(5-8-16(11)19-2)15(18)10-12-3-6-14(17)7-4-12/h3-9,15H,10,18H2,1-2H3. The maximum absolute atomic E-state index is 6.25. The van der Waals surface area contributed by atoms with Crippen molar-refractivity contribution in [3.8, 4) is 5.75 Å². The van der Waals surface area contributed by atoms with Gasteiger partial charge in [0.05, 0.1) is 7.11 Å². The molecule has 0 fully saturated rings. The Morgan fingerprint density at radius 1 is 1.16 bits per heavy atom. The zero-order valence-corrected chi connectivity index (χ0v) is 11.9. The second kappa shape index (κ2) is 6.09. The maximum atomic E-state index is 6.25. The molecule has 2 N–H and O–H groups in total. The summed E-state index contributed by atoms with van der Waals surface area (Å²) in [6, 6.07) is 13.9. The molecule has 0 aliphatic heterocycles. The average molecular weight is 276 g/mol. The summed E-state index contributed by atoms with van der Waals surface area (Å²) in [6.07, 6.45) is 0.795. The zero-order valence-electron chi connectivity index (χ0n) is 11.2. The highest BCUT2D eigenvalue weighted by Crippen LogP contribution is 2.23. The molecule has 0 aliphatic rings. The minimum absolute atomic E-state index is 0.0224. The molecular weight excluding hydrogens is 258 g/mol. The fraction of sp³-hybridized carbons (Fsp3) is 0.250. The molecule has 2 aromatic rings. The highest BCUT2D eigenvalue weighted by Gasteiger charge is 2.09. The van der Waals surface area contributed by atoms with Crippen molar-refractivity contribution in [2.75, 3.05) is 7.11 Å². The van der Waals surface area contributed by atoms with Gasteiger partial charge in [0.15, 0.2) is 0 Å². The van der Waals surface area contributed by atoms with Crippen molar-refractivity contribution in [3.05, 3.63) is 64.2 Å². The summed E-state index contributed by atoms with van der Waals surface area (Å²) >= 11 is 5.87. The molecule has 100 valence electrons. The number of methoxy groups -OCH3 is 1. The van der Waals surface area contributed by atoms with Gasteiger partial charge in [-0.05, 0) is 48.2 Å². The number of ether oxygens (including phenoxy) is 1. The van der Waals surface area contributed by atoms with Crippen LogP contribution in [0.1, 0.15) is 22.7 Å². The fourth-order valence-electron chi connectivity index (χ4n) is 2.12. The number of benzene rings is 2. The lowest BCUT2D eigenvalue weighted by Crippen LogP contribution is -2.13. The smallest absolute Gasteiger partial charge is 0.121 e. The Balaban J connectivity index is 2.13. The van der Waals surface area contributed by atoms with Crippen LogP contribution in [-0.2, 0) is 6.42 Å². The van der Waals surface area contributed by atoms with Crippen molar-refractivity contribution < 1.29 is 4.74 Å². The van der Waals surface area contributed by atoms with E-state index in [0.29, 0.717) is 0 Å². The van der Waals surface area contributed by atoms with Gasteiger partial charge in [-0.2, -0.15) is 0 Å². The summed E-state index contributed by atoms with van der Waals surface area (Å²) in [6.45, 7) is 2.03. The second-order valence-electron chi connectivity index (χ2n) is 4.67. The van der Waals surface area contributed by atoms with Crippen molar-refractivity contribution in [1.82, 2.24) is 0 Å². The molecule has 1 unspecified atom stereocenters. The molecule has 1 atom stereocenters. The Kier molecular flexibility index (Phi) is 4.46. The summed E-state index contributed by atoms with van der Waals surface area (Å²) < 4.78 is 5.26. The van der Waals surface area contributed by atoms with E-state index in [1.165, 1.54) is 5.56 Å². The Labute approximate surface area is 119 Å². The summed E-state index contributed by atoms with van der Waals surface area (Å²) in [5.41, 5.74) is 9.66. The molecule has 0 amide bonds. The summed E-state index contributed by atoms with van der Waals surface area (Å²) in [7, 11) is 1.68. The van der Waals surface area contributed by atoms with Gasteiger partial charge in [-0.15, -0.1) is 0 Å². The second-order valence-corrected chi connectivity index (χ2v) is 5.10. The van der Waals surface area contributed by atoms with Crippen LogP contribution >= 0.6 is 11.6 Å². The van der Waals surface area contributed by atoms with Crippen molar-refractivity contribution in [1.29, 1.82) is 0 Å². The van der Waals surface area contributed by atoms with Gasteiger partial charge < -0.3 is 10.5 Å². The summed E-state index contributed by atoms with van der Waals surface area (Å²) in [5, 5.41) is 0.748. The number of halogens is 1. The van der Waals surface area contributed by atoms with E-state index in [-0.39, 0.29) is 6.04 Å². The van der Waals surface area contributed by atoms with Gasteiger partial charge in [0.25, 0.3) is 0 Å². The molecule has 2 nitrogen and oxygen atoms in total. The third-order valence-electron chi connectivity index (χ3n) is 3.22. The van der Waals surface area contributed by atoms with Gasteiger partial charge in [0, 0.05) is 11.1 Å². The number of hydrogen-bond acceptors (Lipinski definition) is 2. The Hall–Kier alpha value is -1.51. The monoisotopic (exact) mass is 275 g/mol. The normalized spacial score (nSPS) is 12.2. The van der Waals surface area contributed by atoms with Crippen molar-refractivity contribution >= 4 is 11.6 Å². The summed E-state index contributed by atoms with van der Waals surface area (Å²) in [4.78, 5) is 0. The fourth-order valence-corrected chi connectivity index (χ4v) is 2.25. The average Bonchev–Trinajstić information content (AvgIpc) is 2.41. The SMILES string of the molecule is COc1ccc(C(N)Cc2ccc(Cl)cc2)cc1C. The molecule has 0 radical (unpaired) electrons. The van der Waals surface area contributed by atoms with Crippen LogP contribution in [0.25, 0.3) is 0 Å². The molecule has 0 saturated carbocycles. The molecule has 3 heteroatoms. The first-order valence-corrected chi connectivity index (χ1v) is 6.62. The minimum atomic E-state index is -0.0224. The lowest BCUT2D eigenvalue weighted by Gasteiger charge is -2.14. The molecule has 2 aromatic carbocycles. The van der Waals surface area contributed by atoms with E-state index in [2.05, 4.69) is 6.07 Å². The molecule has 19 heavy (non-hydrogen) atoms. The Morgan fingerprint density at radius 2 is 1.84 bits per heavy atom. The van der Waals surface area contributed by atoms with Crippen molar-refractivity contribution in [3.63, 3.8) is 0 Å². The van der Waals surface area contributed by atoms with Gasteiger partial charge in [0.1, 0.15) is 5.75 Å². The quantitative estimate of drug-likeness (QED) is 0.918. The van der Waals surface area contributed by atoms with E-state index in [1.807, 2.05) is 43.3 Å². The highest BCUT2D eigenvalue weighted by atomic mass is 35.5. The van der Waals surface area contributed by atoms with E-state index >= 15 is 0 Å². The minimum Gasteiger partial charge on any atom is -0.496 e. The molecule has 0 aromatic heterocycles. The van der Waals surface area contributed by atoms with Gasteiger partial charge >= 0.3 is 0 Å². The topological polar surface area (TPSA) is 35.2 Å². The molecule has 0 aliphatic carbocycles. The van der Waals surface area contributed by atoms with Crippen LogP contribution in [0.2, 0.25) is 5.02 Å². The maximum Gasteiger partial charge on any atom is 0.121 e. The van der Waals surface area contributed by atoms with Gasteiger partial charge in [-0.1, -0.05) is 35.9 Å². The Bertz CT molecular complexity index is 551. The van der Waals surface area contributed by atoms with Crippen molar-refractivity contribution in [2.24, 2.45) is 5.73 Å². The molecule has 0 heterocycles. The highest BCUT2D eigenvalue weighted by molar-refractivity contribution is 6.30. The first-order chi connectivity index (χ1) is 9.10. The molecule has 0 spiro atoms. The van der Waals surface area contributed by atoms with E-state index in [0.717, 1.165) is 28.3 Å². The van der Waals surface area contributed by atoms with Crippen LogP contribution in [0.4, 0.5) is 0 Å². The van der Waals surface area contributed by atoms with Crippen LogP contribution in [0, 0.1) is 6.92 Å². The van der Waals surface area contributed by atoms with E-state index in [4.69, 9.17) is 22.1 Å². The first kappa shape index (κ1) is 13.9. The lowest BCUT2D eigenvalue weighted by molar-refractivity contribution is 0.411. The van der Waals surface area contributed by atoms with Crippen LogP contribution in [0.5, 0.6) is 5.75 Å². The van der Waals surface area contributed by atoms with Gasteiger partial charge in [-0.25, -0.2) is 0 Å². The third-order valence-corrected chi connectivity index (χ3v) is 3.47. The van der Waals surface area contributed by atoms with Crippen LogP contribution in [0.3, 0.4) is 0 Å². The predicted molar refractivity (Wildman–Crippen MR) is 79.8 cm³/mol. The predicted octanol–water partition coefficient (Wildman–Crippen LogP) is 3.90. The summed E-state index contributed by atoms with van der Waals surface area (Å²) in [5.74, 6) is 0.891. The number of hydrogen-bond donors (Lipinski definition) is 1. The number of rotatable bonds is 4. The van der Waals surface area contributed by atoms with Crippen LogP contribution < -0.4 is 10.5 Å². The third kappa shape index (κ3) is 3.49. The molecule has 0 bridgehead atoms. The first-order valence-electron chi connectivity index (χ1n) is 6.24. The lowest BCUT2D eigenvalue weighted by atomic mass is 9.98. The van der Waals surface area contributed by atoms with Crippen LogP contribution in [0.15, 0.2) is 42.5 Å². The largest absolute Gasteiger partial charge is 0.496 e. The van der Waals surface area contributed by atoms with Gasteiger partial charge in [-0.3, -0.25) is 0 Å². The molecular formula is C16H18ClNO. The van der Waals surface area contributed by atoms with Crippen molar-refractivity contribution in [2.45, 2.75) is 19.4 Å². The molecule has 2 rings (SSSR count). The number of nitrogens with two attached hydrogens (primary N) is 1. The van der Waals surface area contributed by atoms with Crippen LogP contribution in [-0.4, -0.2) is 7.11 Å². The number of aryl methyl sites for hydroxylation is 1. The molecule has 0 saturated heterocycles. The van der Waals surface area contributed by atoms with E-state index in [1.54, 1.807) is 7.11 Å². The van der Waals surface area contributed by atoms with E-state index in [9.17, 15) is 0 Å². The van der Waals surface area contributed by atoms with E-state index < -0.39 is 0 Å².